The second-order valence-corrected chi connectivity index (χ2v) is 9.79. The summed E-state index contributed by atoms with van der Waals surface area (Å²) in [4.78, 5) is 28.0. The molecule has 3 aromatic rings. The molecule has 0 aliphatic carbocycles. The number of hydrogen-bond donors (Lipinski definition) is 0. The van der Waals surface area contributed by atoms with E-state index in [1.165, 1.54) is 15.7 Å². The quantitative estimate of drug-likeness (QED) is 0.624. The first-order chi connectivity index (χ1) is 12.9. The summed E-state index contributed by atoms with van der Waals surface area (Å²) in [7, 11) is -3.13. The summed E-state index contributed by atoms with van der Waals surface area (Å²) in [5.41, 5.74) is 0.0672. The third-order valence-electron chi connectivity index (χ3n) is 4.65. The summed E-state index contributed by atoms with van der Waals surface area (Å²) in [5, 5.41) is 6.10. The van der Waals surface area contributed by atoms with Crippen LogP contribution in [-0.4, -0.2) is 51.0 Å². The Kier molecular flexibility index (Phi) is 4.60. The van der Waals surface area contributed by atoms with Crippen LogP contribution in [0.1, 0.15) is 11.3 Å². The van der Waals surface area contributed by atoms with Crippen LogP contribution in [-0.2, 0) is 27.7 Å². The molecule has 1 unspecified atom stereocenters. The molecule has 4 heterocycles. The van der Waals surface area contributed by atoms with E-state index in [-0.39, 0.29) is 30.0 Å². The molecule has 0 aromatic carbocycles. The van der Waals surface area contributed by atoms with E-state index in [1.807, 2.05) is 17.5 Å². The summed E-state index contributed by atoms with van der Waals surface area (Å²) in [6.45, 7) is 0.112. The number of rotatable bonds is 5. The maximum absolute atomic E-state index is 13.0. The molecule has 1 saturated heterocycles. The summed E-state index contributed by atoms with van der Waals surface area (Å²) < 4.78 is 26.3. The largest absolute Gasteiger partial charge is 0.350 e. The van der Waals surface area contributed by atoms with Crippen LogP contribution >= 0.6 is 11.3 Å². The minimum atomic E-state index is -3.13. The van der Waals surface area contributed by atoms with Gasteiger partial charge in [-0.25, -0.2) is 17.9 Å². The Bertz CT molecular complexity index is 1130. The first-order valence-electron chi connectivity index (χ1n) is 8.49. The smallest absolute Gasteiger partial charge is 0.332 e. The summed E-state index contributed by atoms with van der Waals surface area (Å²) in [6, 6.07) is 8.59. The lowest BCUT2D eigenvalue weighted by Gasteiger charge is -2.27. The van der Waals surface area contributed by atoms with E-state index in [2.05, 4.69) is 5.10 Å². The number of pyridine rings is 1. The average molecular weight is 406 g/mol. The fraction of sp³-hybridized carbons (Fsp3) is 0.353. The number of fused-ring (bicyclic) bond motifs is 1. The fourth-order valence-electron chi connectivity index (χ4n) is 3.30. The van der Waals surface area contributed by atoms with Gasteiger partial charge in [0.2, 0.25) is 5.91 Å². The molecule has 8 nitrogen and oxygen atoms in total. The number of amides is 1. The zero-order valence-electron chi connectivity index (χ0n) is 14.4. The Balaban J connectivity index is 1.61. The van der Waals surface area contributed by atoms with Gasteiger partial charge in [-0.15, -0.1) is 16.4 Å². The Morgan fingerprint density at radius 2 is 2.15 bits per heavy atom. The first-order valence-corrected chi connectivity index (χ1v) is 11.2. The van der Waals surface area contributed by atoms with Gasteiger partial charge in [0, 0.05) is 17.1 Å². The molecular formula is C17H18N4O4S2. The van der Waals surface area contributed by atoms with Crippen LogP contribution in [0.25, 0.3) is 5.65 Å². The fourth-order valence-corrected chi connectivity index (χ4v) is 5.74. The molecule has 4 rings (SSSR count). The van der Waals surface area contributed by atoms with E-state index >= 15 is 0 Å². The van der Waals surface area contributed by atoms with E-state index in [1.54, 1.807) is 29.3 Å². The lowest BCUT2D eigenvalue weighted by atomic mass is 10.2. The van der Waals surface area contributed by atoms with Crippen molar-refractivity contribution in [2.45, 2.75) is 25.6 Å². The SMILES string of the molecule is O=C(Cn1nc2ccccn2c1=O)N(Cc1cccs1)C1CCS(=O)(=O)C1. The number of aromatic nitrogens is 3. The van der Waals surface area contributed by atoms with E-state index in [0.717, 1.165) is 9.56 Å². The van der Waals surface area contributed by atoms with Crippen LogP contribution in [0, 0.1) is 0 Å². The van der Waals surface area contributed by atoms with Crippen molar-refractivity contribution in [1.29, 1.82) is 0 Å². The van der Waals surface area contributed by atoms with Crippen molar-refractivity contribution in [1.82, 2.24) is 19.1 Å². The number of nitrogens with zero attached hydrogens (tertiary/aromatic N) is 4. The number of carbonyl (C=O) groups excluding carboxylic acids is 1. The highest BCUT2D eigenvalue weighted by molar-refractivity contribution is 7.91. The highest BCUT2D eigenvalue weighted by Crippen LogP contribution is 2.22. The zero-order chi connectivity index (χ0) is 19.0. The summed E-state index contributed by atoms with van der Waals surface area (Å²) in [5.74, 6) is -0.263. The van der Waals surface area contributed by atoms with Gasteiger partial charge in [-0.3, -0.25) is 9.20 Å². The third kappa shape index (κ3) is 3.67. The number of carbonyl (C=O) groups is 1. The van der Waals surface area contributed by atoms with Crippen LogP contribution in [0.5, 0.6) is 0 Å². The van der Waals surface area contributed by atoms with Crippen LogP contribution in [0.4, 0.5) is 0 Å². The Hall–Kier alpha value is -2.46. The van der Waals surface area contributed by atoms with Gasteiger partial charge >= 0.3 is 5.69 Å². The molecule has 1 atom stereocenters. The van der Waals surface area contributed by atoms with Crippen molar-refractivity contribution in [3.05, 3.63) is 57.3 Å². The lowest BCUT2D eigenvalue weighted by Crippen LogP contribution is -2.43. The predicted octanol–water partition coefficient (Wildman–Crippen LogP) is 0.773. The van der Waals surface area contributed by atoms with E-state index in [9.17, 15) is 18.0 Å². The molecular weight excluding hydrogens is 388 g/mol. The summed E-state index contributed by atoms with van der Waals surface area (Å²) >= 11 is 1.51. The van der Waals surface area contributed by atoms with Crippen LogP contribution in [0.2, 0.25) is 0 Å². The standard InChI is InChI=1S/C17H18N4O4S2/c22-16(11-21-17(23)19-7-2-1-5-15(19)18-21)20(10-14-4-3-8-26-14)13-6-9-27(24,25)12-13/h1-5,7-8,13H,6,9-12H2. The molecule has 1 amide bonds. The van der Waals surface area contributed by atoms with E-state index < -0.39 is 15.5 Å². The molecule has 0 bridgehead atoms. The summed E-state index contributed by atoms with van der Waals surface area (Å²) in [6.07, 6.45) is 2.01. The predicted molar refractivity (Wildman–Crippen MR) is 101 cm³/mol. The van der Waals surface area contributed by atoms with Gasteiger partial charge in [0.25, 0.3) is 0 Å². The van der Waals surface area contributed by atoms with Crippen molar-refractivity contribution in [3.63, 3.8) is 0 Å². The van der Waals surface area contributed by atoms with Crippen LogP contribution in [0.15, 0.2) is 46.7 Å². The second-order valence-electron chi connectivity index (χ2n) is 6.53. The van der Waals surface area contributed by atoms with Crippen molar-refractivity contribution in [2.24, 2.45) is 0 Å². The van der Waals surface area contributed by atoms with Gasteiger partial charge in [-0.2, -0.15) is 0 Å². The Labute approximate surface area is 159 Å². The highest BCUT2D eigenvalue weighted by atomic mass is 32.2. The minimum Gasteiger partial charge on any atom is -0.332 e. The van der Waals surface area contributed by atoms with Gasteiger partial charge in [0.15, 0.2) is 15.5 Å². The van der Waals surface area contributed by atoms with Crippen molar-refractivity contribution in [2.75, 3.05) is 11.5 Å². The van der Waals surface area contributed by atoms with E-state index in [0.29, 0.717) is 18.6 Å². The number of thiophene rings is 1. The van der Waals surface area contributed by atoms with Crippen LogP contribution < -0.4 is 5.69 Å². The molecule has 1 fully saturated rings. The molecule has 0 radical (unpaired) electrons. The van der Waals surface area contributed by atoms with Gasteiger partial charge in [0.1, 0.15) is 6.54 Å². The molecule has 3 aromatic heterocycles. The normalized spacial score (nSPS) is 18.7. The maximum atomic E-state index is 13.0. The average Bonchev–Trinajstić information content (AvgIpc) is 3.34. The number of sulfone groups is 1. The zero-order valence-corrected chi connectivity index (χ0v) is 16.0. The van der Waals surface area contributed by atoms with Gasteiger partial charge in [-0.1, -0.05) is 12.1 Å². The highest BCUT2D eigenvalue weighted by Gasteiger charge is 2.35. The molecule has 0 saturated carbocycles. The first kappa shape index (κ1) is 17.9. The Morgan fingerprint density at radius 3 is 2.81 bits per heavy atom. The van der Waals surface area contributed by atoms with Gasteiger partial charge in [0.05, 0.1) is 18.1 Å². The van der Waals surface area contributed by atoms with E-state index in [4.69, 9.17) is 0 Å². The Morgan fingerprint density at radius 1 is 1.30 bits per heavy atom. The topological polar surface area (TPSA) is 93.8 Å². The van der Waals surface area contributed by atoms with Crippen molar-refractivity contribution in [3.8, 4) is 0 Å². The number of hydrogen-bond acceptors (Lipinski definition) is 6. The molecule has 27 heavy (non-hydrogen) atoms. The molecule has 10 heteroatoms. The molecule has 142 valence electrons. The van der Waals surface area contributed by atoms with Crippen LogP contribution in [0.3, 0.4) is 0 Å². The lowest BCUT2D eigenvalue weighted by molar-refractivity contribution is -0.134. The second kappa shape index (κ2) is 6.93. The minimum absolute atomic E-state index is 0.0375. The monoisotopic (exact) mass is 406 g/mol. The molecule has 0 N–H and O–H groups in total. The van der Waals surface area contributed by atoms with Gasteiger partial charge in [-0.05, 0) is 30.0 Å². The third-order valence-corrected chi connectivity index (χ3v) is 7.26. The molecule has 0 spiro atoms. The van der Waals surface area contributed by atoms with Crippen molar-refractivity contribution < 1.29 is 13.2 Å². The molecule has 1 aliphatic heterocycles. The maximum Gasteiger partial charge on any atom is 0.350 e. The van der Waals surface area contributed by atoms with Crippen molar-refractivity contribution >= 4 is 32.7 Å². The molecule has 1 aliphatic rings. The van der Waals surface area contributed by atoms with Gasteiger partial charge < -0.3 is 4.90 Å².